The first-order valence-corrected chi connectivity index (χ1v) is 7.11. The Morgan fingerprint density at radius 1 is 1.11 bits per heavy atom. The average Bonchev–Trinajstić information content (AvgIpc) is 2.49. The molecule has 0 saturated carbocycles. The predicted octanol–water partition coefficient (Wildman–Crippen LogP) is 2.83. The zero-order valence-corrected chi connectivity index (χ0v) is 11.3. The third-order valence-electron chi connectivity index (χ3n) is 3.68. The van der Waals surface area contributed by atoms with Gasteiger partial charge in [-0.2, -0.15) is 0 Å². The molecule has 0 unspecified atom stereocenters. The summed E-state index contributed by atoms with van der Waals surface area (Å²) in [7, 11) is 0. The Morgan fingerprint density at radius 3 is 2.42 bits per heavy atom. The van der Waals surface area contributed by atoms with E-state index in [-0.39, 0.29) is 0 Å². The minimum absolute atomic E-state index is 0.296. The highest BCUT2D eigenvalue weighted by Gasteiger charge is 2.15. The van der Waals surface area contributed by atoms with Crippen molar-refractivity contribution >= 4 is 12.2 Å². The molecule has 102 valence electrons. The van der Waals surface area contributed by atoms with E-state index in [1.165, 1.54) is 12.0 Å². The monoisotopic (exact) mass is 259 g/mol. The molecule has 1 heterocycles. The number of likely N-dealkylation sites (tertiary alicyclic amines) is 1. The molecule has 0 spiro atoms. The van der Waals surface area contributed by atoms with Crippen molar-refractivity contribution in [1.82, 2.24) is 4.90 Å². The molecule has 19 heavy (non-hydrogen) atoms. The molecule has 0 bridgehead atoms. The quantitative estimate of drug-likeness (QED) is 0.762. The van der Waals surface area contributed by atoms with E-state index in [1.54, 1.807) is 0 Å². The number of carbonyl (C=O) groups excluding carboxylic acids is 2. The molecule has 0 N–H and O–H groups in total. The maximum absolute atomic E-state index is 12.0. The van der Waals surface area contributed by atoms with E-state index in [1.807, 2.05) is 29.2 Å². The van der Waals surface area contributed by atoms with E-state index >= 15 is 0 Å². The summed E-state index contributed by atoms with van der Waals surface area (Å²) in [6.07, 6.45) is 6.83. The maximum atomic E-state index is 12.0. The number of aryl methyl sites for hydroxylation is 1. The predicted molar refractivity (Wildman–Crippen MR) is 75.2 cm³/mol. The van der Waals surface area contributed by atoms with Crippen LogP contribution >= 0.6 is 0 Å². The molecular formula is C16H21NO2. The van der Waals surface area contributed by atoms with Gasteiger partial charge in [-0.1, -0.05) is 24.3 Å². The van der Waals surface area contributed by atoms with Gasteiger partial charge >= 0.3 is 0 Å². The molecule has 3 heteroatoms. The smallest absolute Gasteiger partial charge is 0.222 e. The van der Waals surface area contributed by atoms with Gasteiger partial charge in [0.1, 0.15) is 6.29 Å². The molecule has 3 nitrogen and oxygen atoms in total. The summed E-state index contributed by atoms with van der Waals surface area (Å²) in [5.41, 5.74) is 1.89. The van der Waals surface area contributed by atoms with Gasteiger partial charge in [-0.25, -0.2) is 0 Å². The largest absolute Gasteiger partial charge is 0.343 e. The van der Waals surface area contributed by atoms with Crippen molar-refractivity contribution in [2.75, 3.05) is 13.1 Å². The molecule has 1 fully saturated rings. The zero-order chi connectivity index (χ0) is 13.5. The summed E-state index contributed by atoms with van der Waals surface area (Å²) in [4.78, 5) is 24.5. The van der Waals surface area contributed by atoms with Gasteiger partial charge in [0.05, 0.1) is 0 Å². The summed E-state index contributed by atoms with van der Waals surface area (Å²) in [6.45, 7) is 1.87. The Hall–Kier alpha value is -1.64. The van der Waals surface area contributed by atoms with Crippen LogP contribution in [0.3, 0.4) is 0 Å². The number of amides is 1. The van der Waals surface area contributed by atoms with Crippen LogP contribution in [0, 0.1) is 0 Å². The minimum atomic E-state index is 0.296. The number of piperidine rings is 1. The fourth-order valence-corrected chi connectivity index (χ4v) is 2.51. The van der Waals surface area contributed by atoms with Crippen LogP contribution in [0.4, 0.5) is 0 Å². The van der Waals surface area contributed by atoms with E-state index in [4.69, 9.17) is 0 Å². The van der Waals surface area contributed by atoms with E-state index in [0.29, 0.717) is 17.9 Å². The molecule has 0 radical (unpaired) electrons. The molecule has 1 saturated heterocycles. The van der Waals surface area contributed by atoms with Gasteiger partial charge in [0.15, 0.2) is 0 Å². The van der Waals surface area contributed by atoms with Crippen LogP contribution in [0.25, 0.3) is 0 Å². The molecule has 1 aromatic rings. The van der Waals surface area contributed by atoms with Crippen LogP contribution in [-0.2, 0) is 11.2 Å². The van der Waals surface area contributed by atoms with E-state index in [2.05, 4.69) is 0 Å². The number of nitrogens with zero attached hydrogens (tertiary/aromatic N) is 1. The third-order valence-corrected chi connectivity index (χ3v) is 3.68. The van der Waals surface area contributed by atoms with Gasteiger partial charge in [-0.05, 0) is 37.7 Å². The second-order valence-electron chi connectivity index (χ2n) is 5.15. The standard InChI is InChI=1S/C16H21NO2/c18-13-15-9-7-14(8-10-15)5-4-6-16(19)17-11-2-1-3-12-17/h7-10,13H,1-6,11-12H2. The SMILES string of the molecule is O=Cc1ccc(CCCC(=O)N2CCCCC2)cc1. The molecule has 1 aromatic carbocycles. The summed E-state index contributed by atoms with van der Waals surface area (Å²) in [5.74, 6) is 0.296. The highest BCUT2D eigenvalue weighted by Crippen LogP contribution is 2.12. The highest BCUT2D eigenvalue weighted by molar-refractivity contribution is 5.76. The molecule has 2 rings (SSSR count). The van der Waals surface area contributed by atoms with Crippen molar-refractivity contribution in [3.05, 3.63) is 35.4 Å². The van der Waals surface area contributed by atoms with Gasteiger partial charge in [-0.3, -0.25) is 9.59 Å². The first-order chi connectivity index (χ1) is 9.29. The Bertz CT molecular complexity index is 419. The van der Waals surface area contributed by atoms with Crippen molar-refractivity contribution in [1.29, 1.82) is 0 Å². The molecular weight excluding hydrogens is 238 g/mol. The van der Waals surface area contributed by atoms with Gasteiger partial charge < -0.3 is 4.90 Å². The van der Waals surface area contributed by atoms with E-state index < -0.39 is 0 Å². The Labute approximate surface area is 114 Å². The summed E-state index contributed by atoms with van der Waals surface area (Å²) >= 11 is 0. The lowest BCUT2D eigenvalue weighted by Gasteiger charge is -2.26. The molecule has 1 aliphatic rings. The van der Waals surface area contributed by atoms with Crippen molar-refractivity contribution in [3.8, 4) is 0 Å². The van der Waals surface area contributed by atoms with Crippen LogP contribution in [0.5, 0.6) is 0 Å². The van der Waals surface area contributed by atoms with Crippen molar-refractivity contribution in [3.63, 3.8) is 0 Å². The van der Waals surface area contributed by atoms with Crippen molar-refractivity contribution in [2.45, 2.75) is 38.5 Å². The van der Waals surface area contributed by atoms with Gasteiger partial charge in [0.25, 0.3) is 0 Å². The topological polar surface area (TPSA) is 37.4 Å². The second kappa shape index (κ2) is 7.07. The zero-order valence-electron chi connectivity index (χ0n) is 11.3. The van der Waals surface area contributed by atoms with Gasteiger partial charge in [0, 0.05) is 25.1 Å². The van der Waals surface area contributed by atoms with E-state index in [9.17, 15) is 9.59 Å². The summed E-state index contributed by atoms with van der Waals surface area (Å²) < 4.78 is 0. The van der Waals surface area contributed by atoms with Crippen molar-refractivity contribution in [2.24, 2.45) is 0 Å². The van der Waals surface area contributed by atoms with Gasteiger partial charge in [0.2, 0.25) is 5.91 Å². The lowest BCUT2D eigenvalue weighted by molar-refractivity contribution is -0.132. The number of hydrogen-bond donors (Lipinski definition) is 0. The summed E-state index contributed by atoms with van der Waals surface area (Å²) in [6, 6.07) is 7.59. The highest BCUT2D eigenvalue weighted by atomic mass is 16.2. The first-order valence-electron chi connectivity index (χ1n) is 7.11. The number of rotatable bonds is 5. The number of hydrogen-bond acceptors (Lipinski definition) is 2. The van der Waals surface area contributed by atoms with Crippen LogP contribution in [0.15, 0.2) is 24.3 Å². The second-order valence-corrected chi connectivity index (χ2v) is 5.15. The molecule has 0 aromatic heterocycles. The van der Waals surface area contributed by atoms with Gasteiger partial charge in [-0.15, -0.1) is 0 Å². The lowest BCUT2D eigenvalue weighted by atomic mass is 10.1. The van der Waals surface area contributed by atoms with Crippen LogP contribution in [-0.4, -0.2) is 30.2 Å². The maximum Gasteiger partial charge on any atom is 0.222 e. The molecule has 0 atom stereocenters. The third kappa shape index (κ3) is 4.19. The van der Waals surface area contributed by atoms with E-state index in [0.717, 1.165) is 45.1 Å². The fraction of sp³-hybridized carbons (Fsp3) is 0.500. The Balaban J connectivity index is 1.72. The molecule has 1 aliphatic heterocycles. The lowest BCUT2D eigenvalue weighted by Crippen LogP contribution is -2.35. The fourth-order valence-electron chi connectivity index (χ4n) is 2.51. The van der Waals surface area contributed by atoms with Crippen LogP contribution in [0.2, 0.25) is 0 Å². The number of carbonyl (C=O) groups is 2. The molecule has 0 aliphatic carbocycles. The number of benzene rings is 1. The number of aldehydes is 1. The Morgan fingerprint density at radius 2 is 1.79 bits per heavy atom. The average molecular weight is 259 g/mol. The molecule has 1 amide bonds. The Kier molecular flexibility index (Phi) is 5.13. The first kappa shape index (κ1) is 13.8. The summed E-state index contributed by atoms with van der Waals surface area (Å²) in [5, 5.41) is 0. The normalized spacial score (nSPS) is 15.3. The minimum Gasteiger partial charge on any atom is -0.343 e. The van der Waals surface area contributed by atoms with Crippen molar-refractivity contribution < 1.29 is 9.59 Å². The van der Waals surface area contributed by atoms with Crippen LogP contribution in [0.1, 0.15) is 48.0 Å². The van der Waals surface area contributed by atoms with Crippen LogP contribution < -0.4 is 0 Å².